The zero-order chi connectivity index (χ0) is 15.8. The minimum atomic E-state index is -0.398. The lowest BCUT2D eigenvalue weighted by molar-refractivity contribution is 0.161. The Kier molecular flexibility index (Phi) is 6.01. The maximum absolute atomic E-state index is 11.5. The molecule has 0 aliphatic heterocycles. The van der Waals surface area contributed by atoms with Gasteiger partial charge in [0.15, 0.2) is 0 Å². The average molecular weight is 297 g/mol. The van der Waals surface area contributed by atoms with Crippen LogP contribution in [0.5, 0.6) is 0 Å². The van der Waals surface area contributed by atoms with E-state index >= 15 is 0 Å². The van der Waals surface area contributed by atoms with E-state index in [9.17, 15) is 4.79 Å². The second-order valence-corrected chi connectivity index (χ2v) is 5.30. The number of hydrogen-bond donors (Lipinski definition) is 1. The lowest BCUT2D eigenvalue weighted by atomic mass is 10.0. The van der Waals surface area contributed by atoms with Crippen molar-refractivity contribution in [1.82, 2.24) is 0 Å². The summed E-state index contributed by atoms with van der Waals surface area (Å²) in [7, 11) is 0. The van der Waals surface area contributed by atoms with Gasteiger partial charge in [0.05, 0.1) is 6.61 Å². The Labute approximate surface area is 132 Å². The topological polar surface area (TPSA) is 38.3 Å². The Balaban J connectivity index is 1.92. The van der Waals surface area contributed by atoms with Crippen LogP contribution in [0, 0.1) is 0 Å². The fraction of sp³-hybridized carbons (Fsp3) is 0.316. The fourth-order valence-corrected chi connectivity index (χ4v) is 2.18. The smallest absolute Gasteiger partial charge is 0.411 e. The van der Waals surface area contributed by atoms with Gasteiger partial charge in [-0.1, -0.05) is 50.2 Å². The number of benzene rings is 2. The van der Waals surface area contributed by atoms with E-state index in [4.69, 9.17) is 4.74 Å². The molecule has 116 valence electrons. The van der Waals surface area contributed by atoms with Gasteiger partial charge in [-0.2, -0.15) is 0 Å². The Morgan fingerprint density at radius 3 is 2.00 bits per heavy atom. The highest BCUT2D eigenvalue weighted by Crippen LogP contribution is 2.15. The molecule has 2 aromatic rings. The molecule has 0 bridgehead atoms. The first-order valence-corrected chi connectivity index (χ1v) is 7.81. The molecular weight excluding hydrogens is 274 g/mol. The van der Waals surface area contributed by atoms with Gasteiger partial charge in [0.25, 0.3) is 0 Å². The van der Waals surface area contributed by atoms with Gasteiger partial charge in [0.1, 0.15) is 0 Å². The third kappa shape index (κ3) is 4.92. The second kappa shape index (κ2) is 8.23. The molecule has 0 heterocycles. The van der Waals surface area contributed by atoms with E-state index in [1.807, 2.05) is 31.2 Å². The standard InChI is InChI=1S/C19H23NO2/c1-3-13-22-19(21)20-18-11-9-17(10-12-18)14-16-7-5-15(4-2)6-8-16/h5-12H,3-4,13-14H2,1-2H3,(H,20,21). The number of rotatable bonds is 6. The number of aryl methyl sites for hydroxylation is 1. The lowest BCUT2D eigenvalue weighted by Crippen LogP contribution is -2.13. The van der Waals surface area contributed by atoms with Crippen LogP contribution in [-0.4, -0.2) is 12.7 Å². The molecule has 0 spiro atoms. The number of carbonyl (C=O) groups excluding carboxylic acids is 1. The van der Waals surface area contributed by atoms with Crippen LogP contribution in [0.1, 0.15) is 37.0 Å². The van der Waals surface area contributed by atoms with Gasteiger partial charge in [0.2, 0.25) is 0 Å². The maximum Gasteiger partial charge on any atom is 0.411 e. The molecular formula is C19H23NO2. The van der Waals surface area contributed by atoms with Gasteiger partial charge in [-0.05, 0) is 48.1 Å². The highest BCUT2D eigenvalue weighted by molar-refractivity contribution is 5.84. The number of hydrogen-bond acceptors (Lipinski definition) is 2. The van der Waals surface area contributed by atoms with Crippen molar-refractivity contribution in [1.29, 1.82) is 0 Å². The van der Waals surface area contributed by atoms with E-state index in [2.05, 4.69) is 36.5 Å². The number of anilines is 1. The minimum Gasteiger partial charge on any atom is -0.449 e. The highest BCUT2D eigenvalue weighted by atomic mass is 16.5. The van der Waals surface area contributed by atoms with E-state index in [1.54, 1.807) is 0 Å². The van der Waals surface area contributed by atoms with Crippen molar-refractivity contribution >= 4 is 11.8 Å². The molecule has 2 rings (SSSR count). The molecule has 22 heavy (non-hydrogen) atoms. The number of amides is 1. The monoisotopic (exact) mass is 297 g/mol. The average Bonchev–Trinajstić information content (AvgIpc) is 2.55. The largest absolute Gasteiger partial charge is 0.449 e. The first-order valence-electron chi connectivity index (χ1n) is 7.81. The predicted octanol–water partition coefficient (Wildman–Crippen LogP) is 4.80. The van der Waals surface area contributed by atoms with Crippen LogP contribution in [0.4, 0.5) is 10.5 Å². The van der Waals surface area contributed by atoms with Crippen molar-refractivity contribution in [2.24, 2.45) is 0 Å². The van der Waals surface area contributed by atoms with Gasteiger partial charge in [-0.15, -0.1) is 0 Å². The molecule has 0 aliphatic rings. The third-order valence-corrected chi connectivity index (χ3v) is 3.48. The van der Waals surface area contributed by atoms with Crippen LogP contribution in [0.3, 0.4) is 0 Å². The van der Waals surface area contributed by atoms with Crippen molar-refractivity contribution < 1.29 is 9.53 Å². The van der Waals surface area contributed by atoms with E-state index in [0.29, 0.717) is 6.61 Å². The molecule has 0 fully saturated rings. The summed E-state index contributed by atoms with van der Waals surface area (Å²) in [5.41, 5.74) is 4.62. The predicted molar refractivity (Wildman–Crippen MR) is 90.3 cm³/mol. The van der Waals surface area contributed by atoms with Crippen LogP contribution in [0.15, 0.2) is 48.5 Å². The Bertz CT molecular complexity index is 588. The molecule has 3 nitrogen and oxygen atoms in total. The summed E-state index contributed by atoms with van der Waals surface area (Å²) in [6, 6.07) is 16.6. The first-order chi connectivity index (χ1) is 10.7. The zero-order valence-corrected chi connectivity index (χ0v) is 13.3. The highest BCUT2D eigenvalue weighted by Gasteiger charge is 2.03. The fourth-order valence-electron chi connectivity index (χ4n) is 2.18. The van der Waals surface area contributed by atoms with Crippen LogP contribution in [-0.2, 0) is 17.6 Å². The minimum absolute atomic E-state index is 0.398. The van der Waals surface area contributed by atoms with E-state index in [0.717, 1.165) is 24.9 Å². The zero-order valence-electron chi connectivity index (χ0n) is 13.3. The van der Waals surface area contributed by atoms with Crippen LogP contribution in [0.25, 0.3) is 0 Å². The molecule has 0 saturated carbocycles. The molecule has 0 aromatic heterocycles. The van der Waals surface area contributed by atoms with E-state index in [-0.39, 0.29) is 0 Å². The summed E-state index contributed by atoms with van der Waals surface area (Å²) < 4.78 is 4.99. The van der Waals surface area contributed by atoms with Crippen molar-refractivity contribution in [2.45, 2.75) is 33.1 Å². The van der Waals surface area contributed by atoms with Gasteiger partial charge >= 0.3 is 6.09 Å². The van der Waals surface area contributed by atoms with E-state index in [1.165, 1.54) is 16.7 Å². The van der Waals surface area contributed by atoms with Gasteiger partial charge in [-0.25, -0.2) is 4.79 Å². The first kappa shape index (κ1) is 16.1. The Morgan fingerprint density at radius 1 is 0.909 bits per heavy atom. The van der Waals surface area contributed by atoms with Crippen LogP contribution in [0.2, 0.25) is 0 Å². The van der Waals surface area contributed by atoms with Crippen molar-refractivity contribution in [2.75, 3.05) is 11.9 Å². The third-order valence-electron chi connectivity index (χ3n) is 3.48. The lowest BCUT2D eigenvalue weighted by Gasteiger charge is -2.07. The second-order valence-electron chi connectivity index (χ2n) is 5.30. The van der Waals surface area contributed by atoms with Crippen molar-refractivity contribution in [3.63, 3.8) is 0 Å². The number of nitrogens with one attached hydrogen (secondary N) is 1. The summed E-state index contributed by atoms with van der Waals surface area (Å²) in [4.78, 5) is 11.5. The quantitative estimate of drug-likeness (QED) is 0.832. The summed E-state index contributed by atoms with van der Waals surface area (Å²) in [6.45, 7) is 4.57. The summed E-state index contributed by atoms with van der Waals surface area (Å²) in [5.74, 6) is 0. The number of ether oxygens (including phenoxy) is 1. The molecule has 1 amide bonds. The summed E-state index contributed by atoms with van der Waals surface area (Å²) in [5, 5.41) is 2.72. The molecule has 0 saturated heterocycles. The molecule has 3 heteroatoms. The van der Waals surface area contributed by atoms with Crippen molar-refractivity contribution in [3.05, 3.63) is 65.2 Å². The molecule has 0 unspecified atom stereocenters. The molecule has 0 atom stereocenters. The summed E-state index contributed by atoms with van der Waals surface area (Å²) >= 11 is 0. The van der Waals surface area contributed by atoms with E-state index < -0.39 is 6.09 Å². The molecule has 0 radical (unpaired) electrons. The summed E-state index contributed by atoms with van der Waals surface area (Å²) in [6.07, 6.45) is 2.38. The van der Waals surface area contributed by atoms with Gasteiger partial charge in [0, 0.05) is 5.69 Å². The van der Waals surface area contributed by atoms with Gasteiger partial charge in [-0.3, -0.25) is 5.32 Å². The van der Waals surface area contributed by atoms with Crippen LogP contribution < -0.4 is 5.32 Å². The van der Waals surface area contributed by atoms with Gasteiger partial charge < -0.3 is 4.74 Å². The van der Waals surface area contributed by atoms with Crippen molar-refractivity contribution in [3.8, 4) is 0 Å². The Morgan fingerprint density at radius 2 is 1.45 bits per heavy atom. The normalized spacial score (nSPS) is 10.3. The SMILES string of the molecule is CCCOC(=O)Nc1ccc(Cc2ccc(CC)cc2)cc1. The van der Waals surface area contributed by atoms with Crippen LogP contribution >= 0.6 is 0 Å². The Hall–Kier alpha value is -2.29. The molecule has 2 aromatic carbocycles. The maximum atomic E-state index is 11.5. The molecule has 1 N–H and O–H groups in total. The number of carbonyl (C=O) groups is 1. The molecule has 0 aliphatic carbocycles.